The summed E-state index contributed by atoms with van der Waals surface area (Å²) in [4.78, 5) is 13.9. The van der Waals surface area contributed by atoms with Crippen molar-refractivity contribution in [2.24, 2.45) is 5.73 Å². The molecule has 5 heteroatoms. The first-order valence-corrected chi connectivity index (χ1v) is 5.24. The predicted molar refractivity (Wildman–Crippen MR) is 56.3 cm³/mol. The zero-order valence-corrected chi connectivity index (χ0v) is 8.81. The molecule has 0 spiro atoms. The number of aromatic amines is 1. The fourth-order valence-corrected chi connectivity index (χ4v) is 2.04. The molecule has 1 aromatic heterocycles. The highest BCUT2D eigenvalue weighted by atomic mass is 16.2. The molecule has 82 valence electrons. The first kappa shape index (κ1) is 10.2. The number of nitrogens with zero attached hydrogens (tertiary/aromatic N) is 2. The molecule has 1 aliphatic rings. The van der Waals surface area contributed by atoms with Crippen molar-refractivity contribution in [3.05, 3.63) is 18.0 Å². The monoisotopic (exact) mass is 208 g/mol. The van der Waals surface area contributed by atoms with Gasteiger partial charge in [-0.2, -0.15) is 5.10 Å². The van der Waals surface area contributed by atoms with Gasteiger partial charge in [0.2, 0.25) is 0 Å². The lowest BCUT2D eigenvalue weighted by atomic mass is 9.98. The molecule has 0 bridgehead atoms. The molecule has 0 aromatic carbocycles. The van der Waals surface area contributed by atoms with E-state index in [2.05, 4.69) is 10.2 Å². The van der Waals surface area contributed by atoms with E-state index in [-0.39, 0.29) is 18.0 Å². The Labute approximate surface area is 88.6 Å². The van der Waals surface area contributed by atoms with E-state index in [1.54, 1.807) is 12.4 Å². The maximum absolute atomic E-state index is 12.0. The Hall–Kier alpha value is -1.36. The smallest absolute Gasteiger partial charge is 0.257 e. The Morgan fingerprint density at radius 1 is 1.73 bits per heavy atom. The van der Waals surface area contributed by atoms with Crippen LogP contribution in [0.1, 0.15) is 30.1 Å². The molecule has 1 aromatic rings. The number of nitrogens with one attached hydrogen (secondary N) is 1. The van der Waals surface area contributed by atoms with Crippen LogP contribution in [0.5, 0.6) is 0 Å². The minimum atomic E-state index is 0.0446. The molecule has 15 heavy (non-hydrogen) atoms. The van der Waals surface area contributed by atoms with Gasteiger partial charge in [0.25, 0.3) is 5.91 Å². The van der Waals surface area contributed by atoms with Crippen LogP contribution in [0.4, 0.5) is 0 Å². The standard InChI is InChI=1S/C10H16N4O/c1-7-4-9(11)2-3-14(7)10(15)8-5-12-13-6-8/h5-7,9H,2-4,11H2,1H3,(H,12,13). The molecule has 1 aliphatic heterocycles. The number of piperidine rings is 1. The number of hydrogen-bond acceptors (Lipinski definition) is 3. The largest absolute Gasteiger partial charge is 0.336 e. The van der Waals surface area contributed by atoms with E-state index < -0.39 is 0 Å². The average molecular weight is 208 g/mol. The maximum Gasteiger partial charge on any atom is 0.257 e. The maximum atomic E-state index is 12.0. The highest BCUT2D eigenvalue weighted by Crippen LogP contribution is 2.18. The third kappa shape index (κ3) is 2.02. The third-order valence-electron chi connectivity index (χ3n) is 2.92. The number of H-pyrrole nitrogens is 1. The van der Waals surface area contributed by atoms with Gasteiger partial charge in [0, 0.05) is 24.8 Å². The van der Waals surface area contributed by atoms with E-state index in [4.69, 9.17) is 5.73 Å². The Bertz CT molecular complexity index is 335. The van der Waals surface area contributed by atoms with Crippen molar-refractivity contribution in [1.82, 2.24) is 15.1 Å². The second-order valence-electron chi connectivity index (χ2n) is 4.12. The van der Waals surface area contributed by atoms with Gasteiger partial charge in [0.1, 0.15) is 0 Å². The van der Waals surface area contributed by atoms with Crippen LogP contribution in [-0.4, -0.2) is 39.6 Å². The molecule has 0 aliphatic carbocycles. The lowest BCUT2D eigenvalue weighted by molar-refractivity contribution is 0.0619. The summed E-state index contributed by atoms with van der Waals surface area (Å²) in [7, 11) is 0. The summed E-state index contributed by atoms with van der Waals surface area (Å²) >= 11 is 0. The lowest BCUT2D eigenvalue weighted by Gasteiger charge is -2.36. The van der Waals surface area contributed by atoms with E-state index in [1.165, 1.54) is 0 Å². The quantitative estimate of drug-likeness (QED) is 0.699. The highest BCUT2D eigenvalue weighted by molar-refractivity contribution is 5.93. The molecule has 5 nitrogen and oxygen atoms in total. The number of rotatable bonds is 1. The molecular weight excluding hydrogens is 192 g/mol. The molecule has 1 fully saturated rings. The van der Waals surface area contributed by atoms with Crippen molar-refractivity contribution in [2.45, 2.75) is 31.8 Å². The zero-order chi connectivity index (χ0) is 10.8. The van der Waals surface area contributed by atoms with Gasteiger partial charge in [-0.1, -0.05) is 0 Å². The predicted octanol–water partition coefficient (Wildman–Crippen LogP) is 0.361. The molecule has 2 unspecified atom stereocenters. The van der Waals surface area contributed by atoms with Crippen LogP contribution in [0.15, 0.2) is 12.4 Å². The van der Waals surface area contributed by atoms with Gasteiger partial charge < -0.3 is 10.6 Å². The molecular formula is C10H16N4O. The van der Waals surface area contributed by atoms with Gasteiger partial charge in [-0.25, -0.2) is 0 Å². The Morgan fingerprint density at radius 2 is 2.53 bits per heavy atom. The normalized spacial score (nSPS) is 26.7. The van der Waals surface area contributed by atoms with Crippen LogP contribution in [-0.2, 0) is 0 Å². The van der Waals surface area contributed by atoms with Gasteiger partial charge >= 0.3 is 0 Å². The van der Waals surface area contributed by atoms with Gasteiger partial charge in [-0.05, 0) is 19.8 Å². The molecule has 0 saturated carbocycles. The summed E-state index contributed by atoms with van der Waals surface area (Å²) in [5.41, 5.74) is 6.47. The van der Waals surface area contributed by atoms with Crippen molar-refractivity contribution in [3.8, 4) is 0 Å². The van der Waals surface area contributed by atoms with Crippen molar-refractivity contribution in [1.29, 1.82) is 0 Å². The minimum Gasteiger partial charge on any atom is -0.336 e. The van der Waals surface area contributed by atoms with Crippen molar-refractivity contribution in [2.75, 3.05) is 6.54 Å². The Balaban J connectivity index is 2.08. The summed E-state index contributed by atoms with van der Waals surface area (Å²) < 4.78 is 0. The van der Waals surface area contributed by atoms with E-state index in [0.29, 0.717) is 5.56 Å². The van der Waals surface area contributed by atoms with Gasteiger partial charge in [0.05, 0.1) is 11.8 Å². The number of likely N-dealkylation sites (tertiary alicyclic amines) is 1. The second kappa shape index (κ2) is 4.02. The molecule has 2 rings (SSSR count). The topological polar surface area (TPSA) is 75.0 Å². The van der Waals surface area contributed by atoms with E-state index in [0.717, 1.165) is 19.4 Å². The van der Waals surface area contributed by atoms with E-state index >= 15 is 0 Å². The van der Waals surface area contributed by atoms with Gasteiger partial charge in [-0.3, -0.25) is 9.89 Å². The van der Waals surface area contributed by atoms with Crippen LogP contribution >= 0.6 is 0 Å². The summed E-state index contributed by atoms with van der Waals surface area (Å²) in [6.07, 6.45) is 4.95. The molecule has 1 saturated heterocycles. The van der Waals surface area contributed by atoms with Gasteiger partial charge in [0.15, 0.2) is 0 Å². The highest BCUT2D eigenvalue weighted by Gasteiger charge is 2.27. The number of carbonyl (C=O) groups excluding carboxylic acids is 1. The Kier molecular flexibility index (Phi) is 2.73. The first-order valence-electron chi connectivity index (χ1n) is 5.24. The zero-order valence-electron chi connectivity index (χ0n) is 8.81. The summed E-state index contributed by atoms with van der Waals surface area (Å²) in [5, 5.41) is 6.43. The van der Waals surface area contributed by atoms with Crippen LogP contribution in [0.3, 0.4) is 0 Å². The van der Waals surface area contributed by atoms with Crippen LogP contribution in [0, 0.1) is 0 Å². The molecule has 3 N–H and O–H groups in total. The SMILES string of the molecule is CC1CC(N)CCN1C(=O)c1cn[nH]c1. The Morgan fingerprint density at radius 3 is 3.13 bits per heavy atom. The summed E-state index contributed by atoms with van der Waals surface area (Å²) in [6, 6.07) is 0.449. The number of hydrogen-bond donors (Lipinski definition) is 2. The number of carbonyl (C=O) groups is 1. The van der Waals surface area contributed by atoms with Crippen molar-refractivity contribution >= 4 is 5.91 Å². The minimum absolute atomic E-state index is 0.0446. The van der Waals surface area contributed by atoms with Crippen molar-refractivity contribution < 1.29 is 4.79 Å². The molecule has 1 amide bonds. The fraction of sp³-hybridized carbons (Fsp3) is 0.600. The summed E-state index contributed by atoms with van der Waals surface area (Å²) in [5.74, 6) is 0.0446. The first-order chi connectivity index (χ1) is 7.18. The summed E-state index contributed by atoms with van der Waals surface area (Å²) in [6.45, 7) is 2.78. The van der Waals surface area contributed by atoms with Crippen LogP contribution < -0.4 is 5.73 Å². The number of nitrogens with two attached hydrogens (primary N) is 1. The van der Waals surface area contributed by atoms with Crippen LogP contribution in [0.2, 0.25) is 0 Å². The second-order valence-corrected chi connectivity index (χ2v) is 4.12. The van der Waals surface area contributed by atoms with Crippen molar-refractivity contribution in [3.63, 3.8) is 0 Å². The fourth-order valence-electron chi connectivity index (χ4n) is 2.04. The van der Waals surface area contributed by atoms with Gasteiger partial charge in [-0.15, -0.1) is 0 Å². The van der Waals surface area contributed by atoms with E-state index in [1.807, 2.05) is 11.8 Å². The molecule has 2 heterocycles. The third-order valence-corrected chi connectivity index (χ3v) is 2.92. The molecule has 0 radical (unpaired) electrons. The number of aromatic nitrogens is 2. The molecule has 2 atom stereocenters. The van der Waals surface area contributed by atoms with Crippen LogP contribution in [0.25, 0.3) is 0 Å². The average Bonchev–Trinajstić information content (AvgIpc) is 2.69. The lowest BCUT2D eigenvalue weighted by Crippen LogP contribution is -2.48. The van der Waals surface area contributed by atoms with E-state index in [9.17, 15) is 4.79 Å². The number of amides is 1.